The van der Waals surface area contributed by atoms with Crippen molar-refractivity contribution < 1.29 is 22.7 Å². The van der Waals surface area contributed by atoms with E-state index in [4.69, 9.17) is 21.1 Å². The average Bonchev–Trinajstić information content (AvgIpc) is 2.59. The highest BCUT2D eigenvalue weighted by atomic mass is 35.5. The minimum atomic E-state index is -3.76. The van der Waals surface area contributed by atoms with Crippen LogP contribution in [0.2, 0.25) is 5.02 Å². The number of amides is 1. The van der Waals surface area contributed by atoms with E-state index in [-0.39, 0.29) is 29.6 Å². The van der Waals surface area contributed by atoms with Crippen molar-refractivity contribution in [3.63, 3.8) is 0 Å². The van der Waals surface area contributed by atoms with Gasteiger partial charge in [-0.3, -0.25) is 4.79 Å². The van der Waals surface area contributed by atoms with Gasteiger partial charge in [-0.05, 0) is 42.5 Å². The molecule has 0 atom stereocenters. The third-order valence-electron chi connectivity index (χ3n) is 3.27. The standard InChI is InChI=1S/C17H19ClN2O5S/c1-12(21)20-16-11-15(7-8-17(16)24-2)26(22,23)19-9-10-25-14-5-3-13(18)4-6-14/h3-8,11,19H,9-10H2,1-2H3,(H,20,21). The number of sulfonamides is 1. The predicted molar refractivity (Wildman–Crippen MR) is 99.4 cm³/mol. The van der Waals surface area contributed by atoms with Crippen LogP contribution < -0.4 is 19.5 Å². The third kappa shape index (κ3) is 5.62. The molecule has 0 saturated heterocycles. The van der Waals surface area contributed by atoms with Gasteiger partial charge in [0.1, 0.15) is 18.1 Å². The molecule has 2 rings (SSSR count). The normalized spacial score (nSPS) is 11.0. The highest BCUT2D eigenvalue weighted by Gasteiger charge is 2.16. The first-order valence-electron chi connectivity index (χ1n) is 7.65. The van der Waals surface area contributed by atoms with Crippen LogP contribution >= 0.6 is 11.6 Å². The Labute approximate surface area is 157 Å². The molecule has 9 heteroatoms. The molecule has 0 radical (unpaired) electrons. The summed E-state index contributed by atoms with van der Waals surface area (Å²) in [5, 5.41) is 3.13. The van der Waals surface area contributed by atoms with Gasteiger partial charge in [-0.25, -0.2) is 13.1 Å². The number of carbonyl (C=O) groups excluding carboxylic acids is 1. The Bertz CT molecular complexity index is 869. The molecule has 140 valence electrons. The van der Waals surface area contributed by atoms with Crippen LogP contribution in [0.4, 0.5) is 5.69 Å². The zero-order valence-electron chi connectivity index (χ0n) is 14.3. The van der Waals surface area contributed by atoms with Crippen LogP contribution in [0.5, 0.6) is 11.5 Å². The molecule has 0 aliphatic rings. The molecule has 26 heavy (non-hydrogen) atoms. The molecule has 0 saturated carbocycles. The number of halogens is 1. The molecule has 1 amide bonds. The molecule has 7 nitrogen and oxygen atoms in total. The van der Waals surface area contributed by atoms with Gasteiger partial charge in [-0.15, -0.1) is 0 Å². The molecule has 2 aromatic rings. The molecule has 2 N–H and O–H groups in total. The molecule has 0 unspecified atom stereocenters. The van der Waals surface area contributed by atoms with Gasteiger partial charge in [0, 0.05) is 18.5 Å². The van der Waals surface area contributed by atoms with Gasteiger partial charge in [0.2, 0.25) is 15.9 Å². The molecule has 2 aromatic carbocycles. The van der Waals surface area contributed by atoms with E-state index in [9.17, 15) is 13.2 Å². The summed E-state index contributed by atoms with van der Waals surface area (Å²) in [6, 6.07) is 11.0. The Balaban J connectivity index is 2.00. The van der Waals surface area contributed by atoms with Crippen molar-refractivity contribution in [3.05, 3.63) is 47.5 Å². The first-order valence-corrected chi connectivity index (χ1v) is 9.51. The summed E-state index contributed by atoms with van der Waals surface area (Å²) in [4.78, 5) is 11.3. The van der Waals surface area contributed by atoms with Crippen LogP contribution in [-0.2, 0) is 14.8 Å². The number of ether oxygens (including phenoxy) is 2. The minimum Gasteiger partial charge on any atom is -0.495 e. The summed E-state index contributed by atoms with van der Waals surface area (Å²) in [6.45, 7) is 1.55. The predicted octanol–water partition coefficient (Wildman–Crippen LogP) is 2.66. The first-order chi connectivity index (χ1) is 12.3. The van der Waals surface area contributed by atoms with Gasteiger partial charge < -0.3 is 14.8 Å². The van der Waals surface area contributed by atoms with Crippen molar-refractivity contribution in [2.75, 3.05) is 25.6 Å². The van der Waals surface area contributed by atoms with E-state index in [0.717, 1.165) is 0 Å². The monoisotopic (exact) mass is 398 g/mol. The Morgan fingerprint density at radius 1 is 1.15 bits per heavy atom. The van der Waals surface area contributed by atoms with Crippen LogP contribution in [0.3, 0.4) is 0 Å². The third-order valence-corrected chi connectivity index (χ3v) is 4.98. The van der Waals surface area contributed by atoms with Gasteiger partial charge in [0.15, 0.2) is 0 Å². The van der Waals surface area contributed by atoms with E-state index in [0.29, 0.717) is 16.5 Å². The topological polar surface area (TPSA) is 93.7 Å². The quantitative estimate of drug-likeness (QED) is 0.667. The van der Waals surface area contributed by atoms with Gasteiger partial charge in [-0.2, -0.15) is 0 Å². The molecule has 0 aliphatic heterocycles. The number of carbonyl (C=O) groups is 1. The number of hydrogen-bond acceptors (Lipinski definition) is 5. The second kappa shape index (κ2) is 8.88. The van der Waals surface area contributed by atoms with E-state index in [1.807, 2.05) is 0 Å². The smallest absolute Gasteiger partial charge is 0.240 e. The van der Waals surface area contributed by atoms with Crippen LogP contribution in [0.1, 0.15) is 6.92 Å². The second-order valence-electron chi connectivity index (χ2n) is 5.24. The molecule has 0 aliphatic carbocycles. The Hall–Kier alpha value is -2.29. The fraction of sp³-hybridized carbons (Fsp3) is 0.235. The van der Waals surface area contributed by atoms with E-state index in [1.165, 1.54) is 32.2 Å². The second-order valence-corrected chi connectivity index (χ2v) is 7.45. The SMILES string of the molecule is COc1ccc(S(=O)(=O)NCCOc2ccc(Cl)cc2)cc1NC(C)=O. The van der Waals surface area contributed by atoms with Crippen molar-refractivity contribution in [1.82, 2.24) is 4.72 Å². The van der Waals surface area contributed by atoms with Crippen molar-refractivity contribution >= 4 is 33.2 Å². The van der Waals surface area contributed by atoms with Gasteiger partial charge in [0.05, 0.1) is 17.7 Å². The fourth-order valence-corrected chi connectivity index (χ4v) is 3.27. The van der Waals surface area contributed by atoms with Crippen LogP contribution in [0.15, 0.2) is 47.4 Å². The molecular formula is C17H19ClN2O5S. The van der Waals surface area contributed by atoms with Gasteiger partial charge >= 0.3 is 0 Å². The maximum absolute atomic E-state index is 12.4. The largest absolute Gasteiger partial charge is 0.495 e. The van der Waals surface area contributed by atoms with Crippen LogP contribution in [0, 0.1) is 0 Å². The van der Waals surface area contributed by atoms with Crippen LogP contribution in [0.25, 0.3) is 0 Å². The van der Waals surface area contributed by atoms with Crippen molar-refractivity contribution in [2.45, 2.75) is 11.8 Å². The number of nitrogens with one attached hydrogen (secondary N) is 2. The number of hydrogen-bond donors (Lipinski definition) is 2. The lowest BCUT2D eigenvalue weighted by Gasteiger charge is -2.12. The maximum atomic E-state index is 12.4. The van der Waals surface area contributed by atoms with Crippen LogP contribution in [-0.4, -0.2) is 34.6 Å². The zero-order valence-corrected chi connectivity index (χ0v) is 15.9. The summed E-state index contributed by atoms with van der Waals surface area (Å²) < 4.78 is 37.8. The molecule has 0 aromatic heterocycles. The molecule has 0 bridgehead atoms. The summed E-state index contributed by atoms with van der Waals surface area (Å²) in [5.74, 6) is 0.624. The Kier molecular flexibility index (Phi) is 6.84. The maximum Gasteiger partial charge on any atom is 0.240 e. The van der Waals surface area contributed by atoms with E-state index >= 15 is 0 Å². The fourth-order valence-electron chi connectivity index (χ4n) is 2.10. The van der Waals surface area contributed by atoms with E-state index < -0.39 is 10.0 Å². The van der Waals surface area contributed by atoms with Gasteiger partial charge in [-0.1, -0.05) is 11.6 Å². The Morgan fingerprint density at radius 3 is 2.46 bits per heavy atom. The Morgan fingerprint density at radius 2 is 1.85 bits per heavy atom. The lowest BCUT2D eigenvalue weighted by atomic mass is 10.3. The number of anilines is 1. The first kappa shape index (κ1) is 20.0. The highest BCUT2D eigenvalue weighted by Crippen LogP contribution is 2.27. The molecule has 0 spiro atoms. The van der Waals surface area contributed by atoms with Crippen molar-refractivity contribution in [2.24, 2.45) is 0 Å². The molecular weight excluding hydrogens is 380 g/mol. The van der Waals surface area contributed by atoms with Crippen molar-refractivity contribution in [3.8, 4) is 11.5 Å². The number of rotatable bonds is 8. The van der Waals surface area contributed by atoms with E-state index in [1.54, 1.807) is 24.3 Å². The summed E-state index contributed by atoms with van der Waals surface area (Å²) >= 11 is 5.78. The molecule has 0 fully saturated rings. The minimum absolute atomic E-state index is 0.00791. The van der Waals surface area contributed by atoms with E-state index in [2.05, 4.69) is 10.0 Å². The highest BCUT2D eigenvalue weighted by molar-refractivity contribution is 7.89. The number of methoxy groups -OCH3 is 1. The van der Waals surface area contributed by atoms with Crippen molar-refractivity contribution in [1.29, 1.82) is 0 Å². The molecule has 0 heterocycles. The number of benzene rings is 2. The zero-order chi connectivity index (χ0) is 19.2. The lowest BCUT2D eigenvalue weighted by molar-refractivity contribution is -0.114. The summed E-state index contributed by atoms with van der Waals surface area (Å²) in [7, 11) is -2.33. The van der Waals surface area contributed by atoms with Gasteiger partial charge in [0.25, 0.3) is 0 Å². The average molecular weight is 399 g/mol. The summed E-state index contributed by atoms with van der Waals surface area (Å²) in [6.07, 6.45) is 0. The lowest BCUT2D eigenvalue weighted by Crippen LogP contribution is -2.28. The summed E-state index contributed by atoms with van der Waals surface area (Å²) in [5.41, 5.74) is 0.278.